The maximum absolute atomic E-state index is 14.7. The maximum atomic E-state index is 14.7. The van der Waals surface area contributed by atoms with Gasteiger partial charge in [0.25, 0.3) is 5.91 Å². The van der Waals surface area contributed by atoms with Gasteiger partial charge in [0.2, 0.25) is 6.23 Å². The van der Waals surface area contributed by atoms with Crippen molar-refractivity contribution >= 4 is 11.9 Å². The van der Waals surface area contributed by atoms with Crippen molar-refractivity contribution in [3.63, 3.8) is 0 Å². The Morgan fingerprint density at radius 3 is 2.27 bits per heavy atom. The maximum Gasteiger partial charge on any atom is 0.353 e. The Labute approximate surface area is 174 Å². The van der Waals surface area contributed by atoms with E-state index in [0.29, 0.717) is 12.4 Å². The lowest BCUT2D eigenvalue weighted by Crippen LogP contribution is -2.48. The third-order valence-corrected chi connectivity index (χ3v) is 7.56. The minimum Gasteiger partial charge on any atom is -0.493 e. The number of benzene rings is 1. The molecule has 1 atom stereocenters. The van der Waals surface area contributed by atoms with Crippen molar-refractivity contribution in [3.8, 4) is 5.75 Å². The highest BCUT2D eigenvalue weighted by Gasteiger charge is 2.51. The van der Waals surface area contributed by atoms with Gasteiger partial charge in [0.1, 0.15) is 11.6 Å². The van der Waals surface area contributed by atoms with Crippen LogP contribution in [0.4, 0.5) is 4.39 Å². The van der Waals surface area contributed by atoms with Crippen LogP contribution >= 0.6 is 0 Å². The second-order valence-electron chi connectivity index (χ2n) is 10.1. The van der Waals surface area contributed by atoms with Gasteiger partial charge in [-0.15, -0.1) is 0 Å². The van der Waals surface area contributed by atoms with Gasteiger partial charge in [-0.25, -0.2) is 9.18 Å². The summed E-state index contributed by atoms with van der Waals surface area (Å²) in [7, 11) is 0. The highest BCUT2D eigenvalue weighted by molar-refractivity contribution is 5.96. The molecule has 0 heterocycles. The number of amides is 1. The predicted octanol–water partition coefficient (Wildman–Crippen LogP) is 3.43. The normalized spacial score (nSPS) is 32.7. The van der Waals surface area contributed by atoms with Crippen LogP contribution in [0, 0.1) is 29.0 Å². The SMILES string of the molecule is O=C(N[C@@H](O)C(=O)O)c1cc(C2CC2)c(OCC23CC4CC(CC(C4)C2)C3)cc1F. The molecule has 5 aliphatic carbocycles. The number of hydrogen-bond donors (Lipinski definition) is 3. The van der Waals surface area contributed by atoms with E-state index in [1.54, 1.807) is 0 Å². The van der Waals surface area contributed by atoms with Crippen molar-refractivity contribution in [2.75, 3.05) is 6.61 Å². The van der Waals surface area contributed by atoms with E-state index in [2.05, 4.69) is 0 Å². The summed E-state index contributed by atoms with van der Waals surface area (Å²) in [5, 5.41) is 20.0. The van der Waals surface area contributed by atoms with E-state index in [4.69, 9.17) is 9.84 Å². The molecule has 5 aliphatic rings. The molecule has 5 saturated carbocycles. The average molecular weight is 417 g/mol. The molecule has 7 heteroatoms. The Morgan fingerprint density at radius 1 is 1.13 bits per heavy atom. The van der Waals surface area contributed by atoms with E-state index in [1.807, 2.05) is 5.32 Å². The predicted molar refractivity (Wildman–Crippen MR) is 106 cm³/mol. The van der Waals surface area contributed by atoms with Crippen LogP contribution in [0.1, 0.15) is 73.2 Å². The number of aliphatic carboxylic acids is 1. The molecule has 4 bridgehead atoms. The molecular formula is C23H28FNO5. The van der Waals surface area contributed by atoms with E-state index in [9.17, 15) is 19.1 Å². The van der Waals surface area contributed by atoms with Crippen LogP contribution in [-0.2, 0) is 4.79 Å². The van der Waals surface area contributed by atoms with Crippen molar-refractivity contribution in [3.05, 3.63) is 29.1 Å². The number of aliphatic hydroxyl groups is 1. The molecule has 6 nitrogen and oxygen atoms in total. The Kier molecular flexibility index (Phi) is 4.76. The molecular weight excluding hydrogens is 389 g/mol. The molecule has 30 heavy (non-hydrogen) atoms. The molecule has 0 saturated heterocycles. The molecule has 5 fully saturated rings. The van der Waals surface area contributed by atoms with Gasteiger partial charge in [0.05, 0.1) is 12.2 Å². The van der Waals surface area contributed by atoms with Gasteiger partial charge in [0, 0.05) is 11.5 Å². The Balaban J connectivity index is 1.35. The molecule has 6 rings (SSSR count). The fourth-order valence-electron chi connectivity index (χ4n) is 6.55. The number of carbonyl (C=O) groups excluding carboxylic acids is 1. The summed E-state index contributed by atoms with van der Waals surface area (Å²) in [6, 6.07) is 2.72. The standard InChI is InChI=1S/C23H28FNO5/c24-18-7-19(30-11-23-8-12-3-13(9-23)5-14(4-12)10-23)16(15-1-2-15)6-17(18)20(26)25-21(27)22(28)29/h6-7,12-15,21,27H,1-5,8-11H2,(H,25,26)(H,28,29)/t12?,13?,14?,21-,23?/m0/s1. The molecule has 162 valence electrons. The lowest BCUT2D eigenvalue weighted by atomic mass is 9.50. The van der Waals surface area contributed by atoms with Crippen molar-refractivity contribution < 1.29 is 28.9 Å². The topological polar surface area (TPSA) is 95.9 Å². The van der Waals surface area contributed by atoms with Crippen LogP contribution in [0.3, 0.4) is 0 Å². The van der Waals surface area contributed by atoms with Crippen LogP contribution in [-0.4, -0.2) is 34.9 Å². The first-order valence-corrected chi connectivity index (χ1v) is 11.0. The van der Waals surface area contributed by atoms with Crippen LogP contribution in [0.5, 0.6) is 5.75 Å². The summed E-state index contributed by atoms with van der Waals surface area (Å²) in [5.41, 5.74) is 0.740. The number of ether oxygens (including phenoxy) is 1. The van der Waals surface area contributed by atoms with Crippen LogP contribution < -0.4 is 10.1 Å². The monoisotopic (exact) mass is 417 g/mol. The Bertz CT molecular complexity index is 845. The largest absolute Gasteiger partial charge is 0.493 e. The third kappa shape index (κ3) is 3.68. The molecule has 1 aromatic rings. The number of carbonyl (C=O) groups is 2. The second kappa shape index (κ2) is 7.22. The number of rotatable bonds is 7. The van der Waals surface area contributed by atoms with Crippen molar-refractivity contribution in [2.45, 2.75) is 63.5 Å². The number of aliphatic hydroxyl groups excluding tert-OH is 1. The second-order valence-corrected chi connectivity index (χ2v) is 10.1. The zero-order valence-corrected chi connectivity index (χ0v) is 16.9. The lowest BCUT2D eigenvalue weighted by molar-refractivity contribution is -0.147. The van der Waals surface area contributed by atoms with Crippen molar-refractivity contribution in [1.82, 2.24) is 5.32 Å². The van der Waals surface area contributed by atoms with E-state index in [0.717, 1.165) is 36.2 Å². The van der Waals surface area contributed by atoms with Crippen molar-refractivity contribution in [2.24, 2.45) is 23.2 Å². The summed E-state index contributed by atoms with van der Waals surface area (Å²) in [6.45, 7) is 0.596. The number of hydrogen-bond acceptors (Lipinski definition) is 4. The van der Waals surface area contributed by atoms with E-state index in [-0.39, 0.29) is 16.9 Å². The van der Waals surface area contributed by atoms with Crippen molar-refractivity contribution in [1.29, 1.82) is 0 Å². The number of carboxylic acid groups (broad SMARTS) is 1. The fraction of sp³-hybridized carbons (Fsp3) is 0.652. The van der Waals surface area contributed by atoms with Crippen LogP contribution in [0.25, 0.3) is 0 Å². The summed E-state index contributed by atoms with van der Waals surface area (Å²) in [6.07, 6.45) is 7.51. The average Bonchev–Trinajstić information content (AvgIpc) is 3.50. The lowest BCUT2D eigenvalue weighted by Gasteiger charge is -2.56. The molecule has 0 aromatic heterocycles. The van der Waals surface area contributed by atoms with Gasteiger partial charge >= 0.3 is 5.97 Å². The highest BCUT2D eigenvalue weighted by Crippen LogP contribution is 2.60. The fourth-order valence-corrected chi connectivity index (χ4v) is 6.55. The van der Waals surface area contributed by atoms with E-state index >= 15 is 0 Å². The summed E-state index contributed by atoms with van der Waals surface area (Å²) in [5.74, 6) is -0.147. The Morgan fingerprint density at radius 2 is 1.73 bits per heavy atom. The third-order valence-electron chi connectivity index (χ3n) is 7.56. The minimum atomic E-state index is -2.08. The number of halogens is 1. The molecule has 0 radical (unpaired) electrons. The van der Waals surface area contributed by atoms with Crippen LogP contribution in [0.2, 0.25) is 0 Å². The zero-order valence-electron chi connectivity index (χ0n) is 16.9. The first kappa shape index (κ1) is 19.8. The number of nitrogens with one attached hydrogen (secondary N) is 1. The Hall–Kier alpha value is -2.15. The van der Waals surface area contributed by atoms with E-state index < -0.39 is 23.9 Å². The summed E-state index contributed by atoms with van der Waals surface area (Å²) < 4.78 is 21.0. The smallest absolute Gasteiger partial charge is 0.353 e. The van der Waals surface area contributed by atoms with Gasteiger partial charge in [-0.2, -0.15) is 0 Å². The van der Waals surface area contributed by atoms with Gasteiger partial charge in [-0.3, -0.25) is 4.79 Å². The first-order valence-electron chi connectivity index (χ1n) is 11.0. The van der Waals surface area contributed by atoms with Crippen LogP contribution in [0.15, 0.2) is 12.1 Å². The molecule has 0 unspecified atom stereocenters. The first-order chi connectivity index (χ1) is 14.3. The van der Waals surface area contributed by atoms with E-state index in [1.165, 1.54) is 50.7 Å². The molecule has 1 amide bonds. The van der Waals surface area contributed by atoms with Gasteiger partial charge < -0.3 is 20.3 Å². The number of carboxylic acids is 1. The molecule has 3 N–H and O–H groups in total. The molecule has 1 aromatic carbocycles. The summed E-state index contributed by atoms with van der Waals surface area (Å²) >= 11 is 0. The van der Waals surface area contributed by atoms with Gasteiger partial charge in [0.15, 0.2) is 0 Å². The molecule has 0 aliphatic heterocycles. The molecule has 0 spiro atoms. The van der Waals surface area contributed by atoms with Gasteiger partial charge in [-0.1, -0.05) is 0 Å². The minimum absolute atomic E-state index is 0.202. The van der Waals surface area contributed by atoms with Gasteiger partial charge in [-0.05, 0) is 86.7 Å². The summed E-state index contributed by atoms with van der Waals surface area (Å²) in [4.78, 5) is 23.0. The highest BCUT2D eigenvalue weighted by atomic mass is 19.1. The quantitative estimate of drug-likeness (QED) is 0.591. The zero-order chi connectivity index (χ0) is 21.0.